The van der Waals surface area contributed by atoms with Gasteiger partial charge in [0.15, 0.2) is 0 Å². The van der Waals surface area contributed by atoms with Crippen molar-refractivity contribution in [2.45, 2.75) is 20.8 Å². The Hall–Kier alpha value is 0.150. The van der Waals surface area contributed by atoms with E-state index in [4.69, 9.17) is 0 Å². The maximum Gasteiger partial charge on any atom is 0.213 e. The molecule has 0 aliphatic rings. The second kappa shape index (κ2) is 4.91. The van der Waals surface area contributed by atoms with Crippen LogP contribution in [0.2, 0.25) is 0 Å². The van der Waals surface area contributed by atoms with Crippen LogP contribution in [0.4, 0.5) is 0 Å². The van der Waals surface area contributed by atoms with Gasteiger partial charge >= 0.3 is 0 Å². The molecular weight excluding hydrogens is 161 g/mol. The van der Waals surface area contributed by atoms with Crippen LogP contribution in [0.25, 0.3) is 0 Å². The molecular formula is C7H18NO2P. The summed E-state index contributed by atoms with van der Waals surface area (Å²) in [5.41, 5.74) is 0. The zero-order valence-corrected chi connectivity index (χ0v) is 8.47. The lowest BCUT2D eigenvalue weighted by molar-refractivity contribution is 0.332. The van der Waals surface area contributed by atoms with E-state index in [1.165, 1.54) is 0 Å². The SMILES string of the molecule is CCN(CC)CP(=O)(O)CC. The molecule has 1 N–H and O–H groups in total. The van der Waals surface area contributed by atoms with Crippen molar-refractivity contribution in [2.75, 3.05) is 25.5 Å². The third kappa shape index (κ3) is 4.57. The molecule has 0 rings (SSSR count). The Morgan fingerprint density at radius 3 is 2.00 bits per heavy atom. The predicted molar refractivity (Wildman–Crippen MR) is 48.2 cm³/mol. The molecule has 0 aromatic heterocycles. The molecule has 0 fully saturated rings. The van der Waals surface area contributed by atoms with E-state index in [1.807, 2.05) is 18.7 Å². The minimum absolute atomic E-state index is 0.344. The fourth-order valence-corrected chi connectivity index (χ4v) is 2.06. The Morgan fingerprint density at radius 1 is 1.27 bits per heavy atom. The molecule has 1 atom stereocenters. The van der Waals surface area contributed by atoms with Gasteiger partial charge in [0.05, 0.1) is 6.29 Å². The van der Waals surface area contributed by atoms with Gasteiger partial charge in [0.1, 0.15) is 0 Å². The highest BCUT2D eigenvalue weighted by molar-refractivity contribution is 7.57. The van der Waals surface area contributed by atoms with E-state index in [-0.39, 0.29) is 0 Å². The van der Waals surface area contributed by atoms with Crippen LogP contribution in [0.5, 0.6) is 0 Å². The Bertz CT molecular complexity index is 145. The average Bonchev–Trinajstić information content (AvgIpc) is 2.00. The molecule has 1 unspecified atom stereocenters. The summed E-state index contributed by atoms with van der Waals surface area (Å²) in [5.74, 6) is 0. The molecule has 0 heterocycles. The first-order valence-electron chi connectivity index (χ1n) is 4.09. The van der Waals surface area contributed by atoms with Crippen molar-refractivity contribution in [2.24, 2.45) is 0 Å². The summed E-state index contributed by atoms with van der Waals surface area (Å²) < 4.78 is 11.2. The summed E-state index contributed by atoms with van der Waals surface area (Å²) in [6.45, 7) is 7.45. The third-order valence-electron chi connectivity index (χ3n) is 1.81. The average molecular weight is 179 g/mol. The van der Waals surface area contributed by atoms with Crippen LogP contribution in [-0.2, 0) is 4.57 Å². The van der Waals surface area contributed by atoms with Crippen molar-refractivity contribution in [3.8, 4) is 0 Å². The predicted octanol–water partition coefficient (Wildman–Crippen LogP) is 1.58. The Labute approximate surface area is 68.9 Å². The van der Waals surface area contributed by atoms with Crippen molar-refractivity contribution in [1.82, 2.24) is 4.90 Å². The fraction of sp³-hybridized carbons (Fsp3) is 1.00. The summed E-state index contributed by atoms with van der Waals surface area (Å²) in [6.07, 6.45) is 0.722. The molecule has 68 valence electrons. The number of hydrogen-bond donors (Lipinski definition) is 1. The van der Waals surface area contributed by atoms with Gasteiger partial charge in [-0.1, -0.05) is 20.8 Å². The van der Waals surface area contributed by atoms with Gasteiger partial charge in [-0.2, -0.15) is 0 Å². The Morgan fingerprint density at radius 2 is 1.73 bits per heavy atom. The molecule has 0 aromatic carbocycles. The number of hydrogen-bond acceptors (Lipinski definition) is 2. The summed E-state index contributed by atoms with van der Waals surface area (Å²) in [5, 5.41) is 0. The van der Waals surface area contributed by atoms with Crippen LogP contribution in [-0.4, -0.2) is 35.3 Å². The lowest BCUT2D eigenvalue weighted by Gasteiger charge is -2.20. The topological polar surface area (TPSA) is 40.5 Å². The molecule has 0 spiro atoms. The van der Waals surface area contributed by atoms with E-state index >= 15 is 0 Å². The molecule has 0 aliphatic carbocycles. The van der Waals surface area contributed by atoms with Crippen LogP contribution in [0, 0.1) is 0 Å². The van der Waals surface area contributed by atoms with Gasteiger partial charge in [0, 0.05) is 6.16 Å². The maximum atomic E-state index is 11.2. The molecule has 0 amide bonds. The molecule has 0 saturated carbocycles. The highest BCUT2D eigenvalue weighted by Crippen LogP contribution is 2.39. The first-order valence-corrected chi connectivity index (χ1v) is 6.12. The van der Waals surface area contributed by atoms with Gasteiger partial charge < -0.3 is 4.89 Å². The zero-order chi connectivity index (χ0) is 8.91. The van der Waals surface area contributed by atoms with Crippen molar-refractivity contribution in [3.63, 3.8) is 0 Å². The fourth-order valence-electron chi connectivity index (χ4n) is 0.836. The van der Waals surface area contributed by atoms with Gasteiger partial charge in [0.2, 0.25) is 7.37 Å². The standard InChI is InChI=1S/C7H18NO2P/c1-4-8(5-2)7-11(9,10)6-3/h4-7H2,1-3H3,(H,9,10). The zero-order valence-electron chi connectivity index (χ0n) is 7.58. The second-order valence-electron chi connectivity index (χ2n) is 2.61. The summed E-state index contributed by atoms with van der Waals surface area (Å²) in [4.78, 5) is 11.2. The number of rotatable bonds is 5. The minimum atomic E-state index is -2.84. The van der Waals surface area contributed by atoms with E-state index < -0.39 is 7.37 Å². The Kier molecular flexibility index (Phi) is 4.98. The van der Waals surface area contributed by atoms with Crippen molar-refractivity contribution >= 4 is 7.37 Å². The first-order chi connectivity index (χ1) is 5.05. The third-order valence-corrected chi connectivity index (χ3v) is 3.64. The lowest BCUT2D eigenvalue weighted by Crippen LogP contribution is -2.24. The van der Waals surface area contributed by atoms with Gasteiger partial charge in [0.25, 0.3) is 0 Å². The molecule has 3 nitrogen and oxygen atoms in total. The van der Waals surface area contributed by atoms with E-state index in [0.29, 0.717) is 12.4 Å². The van der Waals surface area contributed by atoms with Crippen LogP contribution >= 0.6 is 7.37 Å². The minimum Gasteiger partial charge on any atom is -0.343 e. The second-order valence-corrected chi connectivity index (χ2v) is 5.22. The first kappa shape index (κ1) is 11.2. The van der Waals surface area contributed by atoms with Crippen LogP contribution < -0.4 is 0 Å². The molecule has 0 aliphatic heterocycles. The largest absolute Gasteiger partial charge is 0.343 e. The number of nitrogens with zero attached hydrogens (tertiary/aromatic N) is 1. The molecule has 0 saturated heterocycles. The summed E-state index contributed by atoms with van der Waals surface area (Å²) in [6, 6.07) is 0. The van der Waals surface area contributed by atoms with Crippen LogP contribution in [0.3, 0.4) is 0 Å². The molecule has 0 aromatic rings. The van der Waals surface area contributed by atoms with Crippen molar-refractivity contribution in [3.05, 3.63) is 0 Å². The maximum absolute atomic E-state index is 11.2. The van der Waals surface area contributed by atoms with Gasteiger partial charge in [-0.25, -0.2) is 0 Å². The van der Waals surface area contributed by atoms with Crippen molar-refractivity contribution in [1.29, 1.82) is 0 Å². The smallest absolute Gasteiger partial charge is 0.213 e. The van der Waals surface area contributed by atoms with Crippen LogP contribution in [0.1, 0.15) is 20.8 Å². The van der Waals surface area contributed by atoms with E-state index in [1.54, 1.807) is 6.92 Å². The van der Waals surface area contributed by atoms with Crippen LogP contribution in [0.15, 0.2) is 0 Å². The lowest BCUT2D eigenvalue weighted by atomic mass is 10.6. The van der Waals surface area contributed by atoms with Crippen molar-refractivity contribution < 1.29 is 9.46 Å². The highest BCUT2D eigenvalue weighted by Gasteiger charge is 2.17. The highest BCUT2D eigenvalue weighted by atomic mass is 31.2. The Balaban J connectivity index is 3.90. The van der Waals surface area contributed by atoms with Gasteiger partial charge in [-0.3, -0.25) is 9.46 Å². The monoisotopic (exact) mass is 179 g/mol. The molecule has 0 bridgehead atoms. The van der Waals surface area contributed by atoms with Gasteiger partial charge in [-0.05, 0) is 13.1 Å². The summed E-state index contributed by atoms with van der Waals surface area (Å²) >= 11 is 0. The van der Waals surface area contributed by atoms with E-state index in [9.17, 15) is 9.46 Å². The normalized spacial score (nSPS) is 16.8. The molecule has 11 heavy (non-hydrogen) atoms. The summed E-state index contributed by atoms with van der Waals surface area (Å²) in [7, 11) is -2.84. The van der Waals surface area contributed by atoms with E-state index in [2.05, 4.69) is 0 Å². The van der Waals surface area contributed by atoms with Gasteiger partial charge in [-0.15, -0.1) is 0 Å². The van der Waals surface area contributed by atoms with E-state index in [0.717, 1.165) is 13.1 Å². The molecule has 0 radical (unpaired) electrons. The quantitative estimate of drug-likeness (QED) is 0.651. The molecule has 4 heteroatoms.